The third-order valence-corrected chi connectivity index (χ3v) is 4.04. The molecule has 3 rings (SSSR count). The molecule has 20 heavy (non-hydrogen) atoms. The lowest BCUT2D eigenvalue weighted by Gasteiger charge is -2.54. The molecular formula is C13H21N5O2. The zero-order chi connectivity index (χ0) is 14.3. The van der Waals surface area contributed by atoms with Crippen LogP contribution in [0.4, 0.5) is 4.79 Å². The van der Waals surface area contributed by atoms with Crippen LogP contribution < -0.4 is 0 Å². The van der Waals surface area contributed by atoms with E-state index < -0.39 is 0 Å². The average Bonchev–Trinajstić information content (AvgIpc) is 2.82. The first-order valence-corrected chi connectivity index (χ1v) is 7.05. The van der Waals surface area contributed by atoms with Crippen molar-refractivity contribution in [3.05, 3.63) is 12.2 Å². The van der Waals surface area contributed by atoms with Crippen LogP contribution >= 0.6 is 0 Å². The number of hydrogen-bond donors (Lipinski definition) is 0. The maximum absolute atomic E-state index is 12.2. The van der Waals surface area contributed by atoms with E-state index in [1.165, 1.54) is 11.0 Å². The molecule has 1 spiro atoms. The number of morpholine rings is 1. The molecule has 1 aromatic heterocycles. The molecule has 2 saturated heterocycles. The van der Waals surface area contributed by atoms with Gasteiger partial charge in [0, 0.05) is 19.1 Å². The van der Waals surface area contributed by atoms with Crippen molar-refractivity contribution in [2.45, 2.75) is 32.4 Å². The SMILES string of the molecule is Cc1ncn(C(=O)N2CC3(C2)CN(C(C)C)CCO3)n1. The lowest BCUT2D eigenvalue weighted by atomic mass is 9.91. The van der Waals surface area contributed by atoms with Gasteiger partial charge in [-0.3, -0.25) is 4.90 Å². The molecule has 2 aliphatic rings. The summed E-state index contributed by atoms with van der Waals surface area (Å²) >= 11 is 0. The molecule has 110 valence electrons. The second-order valence-corrected chi connectivity index (χ2v) is 5.97. The van der Waals surface area contributed by atoms with Crippen molar-refractivity contribution in [1.82, 2.24) is 24.6 Å². The minimum atomic E-state index is -0.187. The Morgan fingerprint density at radius 2 is 2.15 bits per heavy atom. The Labute approximate surface area is 118 Å². The Hall–Kier alpha value is -1.47. The van der Waals surface area contributed by atoms with Gasteiger partial charge in [0.15, 0.2) is 0 Å². The summed E-state index contributed by atoms with van der Waals surface area (Å²) in [5, 5.41) is 4.05. The van der Waals surface area contributed by atoms with Gasteiger partial charge in [-0.25, -0.2) is 9.78 Å². The number of aromatic nitrogens is 3. The summed E-state index contributed by atoms with van der Waals surface area (Å²) in [6.45, 7) is 10.0. The number of hydrogen-bond acceptors (Lipinski definition) is 5. The van der Waals surface area contributed by atoms with E-state index >= 15 is 0 Å². The van der Waals surface area contributed by atoms with Gasteiger partial charge in [0.1, 0.15) is 17.8 Å². The summed E-state index contributed by atoms with van der Waals surface area (Å²) in [6.07, 6.45) is 1.46. The number of nitrogens with zero attached hydrogens (tertiary/aromatic N) is 5. The first kappa shape index (κ1) is 13.5. The Balaban J connectivity index is 1.61. The maximum Gasteiger partial charge on any atom is 0.346 e. The minimum Gasteiger partial charge on any atom is -0.369 e. The fourth-order valence-electron chi connectivity index (χ4n) is 2.87. The van der Waals surface area contributed by atoms with E-state index in [1.807, 2.05) is 0 Å². The average molecular weight is 279 g/mol. The molecule has 0 N–H and O–H groups in total. The number of rotatable bonds is 1. The summed E-state index contributed by atoms with van der Waals surface area (Å²) in [4.78, 5) is 20.4. The van der Waals surface area contributed by atoms with Crippen LogP contribution in [-0.4, -0.2) is 75.0 Å². The molecule has 1 amide bonds. The summed E-state index contributed by atoms with van der Waals surface area (Å²) in [6, 6.07) is 0.389. The van der Waals surface area contributed by atoms with Crippen molar-refractivity contribution >= 4 is 6.03 Å². The van der Waals surface area contributed by atoms with E-state index in [4.69, 9.17) is 4.74 Å². The third kappa shape index (κ3) is 2.31. The molecule has 0 bridgehead atoms. The first-order valence-electron chi connectivity index (χ1n) is 7.05. The van der Waals surface area contributed by atoms with Crippen molar-refractivity contribution in [1.29, 1.82) is 0 Å². The van der Waals surface area contributed by atoms with Crippen molar-refractivity contribution in [2.75, 3.05) is 32.8 Å². The predicted octanol–water partition coefficient (Wildman–Crippen LogP) is 0.350. The van der Waals surface area contributed by atoms with E-state index in [-0.39, 0.29) is 11.6 Å². The van der Waals surface area contributed by atoms with Gasteiger partial charge in [0.05, 0.1) is 19.7 Å². The number of likely N-dealkylation sites (tertiary alicyclic amines) is 1. The van der Waals surface area contributed by atoms with Gasteiger partial charge in [-0.1, -0.05) is 0 Å². The van der Waals surface area contributed by atoms with Crippen LogP contribution in [0.3, 0.4) is 0 Å². The monoisotopic (exact) mass is 279 g/mol. The molecule has 0 saturated carbocycles. The summed E-state index contributed by atoms with van der Waals surface area (Å²) in [7, 11) is 0. The fraction of sp³-hybridized carbons (Fsp3) is 0.769. The van der Waals surface area contributed by atoms with Crippen molar-refractivity contribution in [3.8, 4) is 0 Å². The zero-order valence-electron chi connectivity index (χ0n) is 12.2. The lowest BCUT2D eigenvalue weighted by molar-refractivity contribution is -0.175. The quantitative estimate of drug-likeness (QED) is 0.742. The second kappa shape index (κ2) is 4.82. The van der Waals surface area contributed by atoms with E-state index in [0.29, 0.717) is 25.0 Å². The van der Waals surface area contributed by atoms with Crippen LogP contribution in [0.25, 0.3) is 0 Å². The molecule has 2 aliphatic heterocycles. The highest BCUT2D eigenvalue weighted by atomic mass is 16.5. The van der Waals surface area contributed by atoms with Crippen molar-refractivity contribution in [2.24, 2.45) is 0 Å². The van der Waals surface area contributed by atoms with Crippen LogP contribution in [0.2, 0.25) is 0 Å². The van der Waals surface area contributed by atoms with E-state index in [2.05, 4.69) is 28.8 Å². The lowest BCUT2D eigenvalue weighted by Crippen LogP contribution is -2.72. The van der Waals surface area contributed by atoms with Gasteiger partial charge in [0.2, 0.25) is 0 Å². The number of ether oxygens (including phenoxy) is 1. The van der Waals surface area contributed by atoms with Crippen molar-refractivity contribution < 1.29 is 9.53 Å². The Kier molecular flexibility index (Phi) is 3.25. The fourth-order valence-corrected chi connectivity index (χ4v) is 2.87. The number of amides is 1. The molecule has 3 heterocycles. The number of carbonyl (C=O) groups excluding carboxylic acids is 1. The van der Waals surface area contributed by atoms with Gasteiger partial charge in [-0.05, 0) is 20.8 Å². The minimum absolute atomic E-state index is 0.124. The Morgan fingerprint density at radius 1 is 1.40 bits per heavy atom. The topological polar surface area (TPSA) is 63.5 Å². The Bertz CT molecular complexity index is 507. The van der Waals surface area contributed by atoms with Crippen LogP contribution in [-0.2, 0) is 4.74 Å². The first-order chi connectivity index (χ1) is 9.49. The summed E-state index contributed by atoms with van der Waals surface area (Å²) in [5.74, 6) is 0.605. The molecule has 0 aliphatic carbocycles. The van der Waals surface area contributed by atoms with Gasteiger partial charge in [-0.2, -0.15) is 4.68 Å². The largest absolute Gasteiger partial charge is 0.369 e. The molecule has 0 atom stereocenters. The van der Waals surface area contributed by atoms with Gasteiger partial charge in [0.25, 0.3) is 0 Å². The molecule has 7 nitrogen and oxygen atoms in total. The second-order valence-electron chi connectivity index (χ2n) is 5.97. The Morgan fingerprint density at radius 3 is 2.75 bits per heavy atom. The van der Waals surface area contributed by atoms with Crippen LogP contribution in [0.1, 0.15) is 19.7 Å². The molecule has 1 aromatic rings. The zero-order valence-corrected chi connectivity index (χ0v) is 12.2. The molecule has 0 aromatic carbocycles. The molecule has 2 fully saturated rings. The van der Waals surface area contributed by atoms with Gasteiger partial charge in [-0.15, -0.1) is 5.10 Å². The predicted molar refractivity (Wildman–Crippen MR) is 72.5 cm³/mol. The molecular weight excluding hydrogens is 258 g/mol. The van der Waals surface area contributed by atoms with Crippen molar-refractivity contribution in [3.63, 3.8) is 0 Å². The highest BCUT2D eigenvalue weighted by molar-refractivity contribution is 5.77. The van der Waals surface area contributed by atoms with Gasteiger partial charge < -0.3 is 9.64 Å². The maximum atomic E-state index is 12.2. The number of aryl methyl sites for hydroxylation is 1. The normalized spacial score (nSPS) is 22.3. The standard InChI is InChI=1S/C13H21N5O2/c1-10(2)16-4-5-20-13(6-16)7-17(8-13)12(19)18-9-14-11(3)15-18/h9-10H,4-8H2,1-3H3. The summed E-state index contributed by atoms with van der Waals surface area (Å²) < 4.78 is 7.22. The van der Waals surface area contributed by atoms with Gasteiger partial charge >= 0.3 is 6.03 Å². The third-order valence-electron chi connectivity index (χ3n) is 4.04. The van der Waals surface area contributed by atoms with E-state index in [1.54, 1.807) is 11.8 Å². The molecule has 0 radical (unpaired) electrons. The van der Waals surface area contributed by atoms with E-state index in [9.17, 15) is 4.79 Å². The van der Waals surface area contributed by atoms with Crippen LogP contribution in [0, 0.1) is 6.92 Å². The van der Waals surface area contributed by atoms with Crippen LogP contribution in [0.15, 0.2) is 6.33 Å². The molecule has 7 heteroatoms. The summed E-state index contributed by atoms with van der Waals surface area (Å²) in [5.41, 5.74) is -0.187. The number of carbonyl (C=O) groups is 1. The smallest absolute Gasteiger partial charge is 0.346 e. The molecule has 0 unspecified atom stereocenters. The van der Waals surface area contributed by atoms with Crippen LogP contribution in [0.5, 0.6) is 0 Å². The van der Waals surface area contributed by atoms with E-state index in [0.717, 1.165) is 19.7 Å². The highest BCUT2D eigenvalue weighted by Crippen LogP contribution is 2.30. The highest BCUT2D eigenvalue weighted by Gasteiger charge is 2.49.